The van der Waals surface area contributed by atoms with Crippen LogP contribution in [0.25, 0.3) is 0 Å². The lowest BCUT2D eigenvalue weighted by Gasteiger charge is -2.41. The Bertz CT molecular complexity index is 948. The summed E-state index contributed by atoms with van der Waals surface area (Å²) in [6.07, 6.45) is 15.3. The fourth-order valence-electron chi connectivity index (χ4n) is 6.61. The largest absolute Gasteiger partial charge is 0.487 e. The van der Waals surface area contributed by atoms with E-state index in [1.54, 1.807) is 0 Å². The summed E-state index contributed by atoms with van der Waals surface area (Å²) in [6, 6.07) is 0. The minimum absolute atomic E-state index is 0.187. The molecule has 2 unspecified atom stereocenters. The van der Waals surface area contributed by atoms with E-state index in [9.17, 15) is 20.4 Å². The van der Waals surface area contributed by atoms with Gasteiger partial charge in [0.25, 0.3) is 0 Å². The Kier molecular flexibility index (Phi) is 14.4. The molecule has 242 valence electrons. The van der Waals surface area contributed by atoms with Crippen LogP contribution in [0.3, 0.4) is 0 Å². The van der Waals surface area contributed by atoms with Crippen molar-refractivity contribution < 1.29 is 34.6 Å². The van der Waals surface area contributed by atoms with E-state index in [2.05, 4.69) is 13.8 Å². The molecule has 7 nitrogen and oxygen atoms in total. The number of hydrogen-bond donors (Lipinski definition) is 4. The predicted molar refractivity (Wildman–Crippen MR) is 167 cm³/mol. The first kappa shape index (κ1) is 35.1. The second-order valence-electron chi connectivity index (χ2n) is 13.2. The molecule has 1 saturated heterocycles. The van der Waals surface area contributed by atoms with Crippen molar-refractivity contribution in [1.29, 1.82) is 0 Å². The van der Waals surface area contributed by atoms with Gasteiger partial charge in [0.2, 0.25) is 6.29 Å². The van der Waals surface area contributed by atoms with Gasteiger partial charge in [0.15, 0.2) is 0 Å². The van der Waals surface area contributed by atoms with Gasteiger partial charge in [-0.2, -0.15) is 0 Å². The van der Waals surface area contributed by atoms with Gasteiger partial charge in [0, 0.05) is 5.56 Å². The van der Waals surface area contributed by atoms with Crippen LogP contribution in [-0.2, 0) is 11.2 Å². The third-order valence-corrected chi connectivity index (χ3v) is 9.70. The molecular weight excluding hydrogens is 532 g/mol. The van der Waals surface area contributed by atoms with E-state index < -0.39 is 37.3 Å². The summed E-state index contributed by atoms with van der Waals surface area (Å²) in [5.74, 6) is 1.53. The van der Waals surface area contributed by atoms with E-state index in [4.69, 9.17) is 14.2 Å². The van der Waals surface area contributed by atoms with Crippen LogP contribution in [0.2, 0.25) is 0 Å². The molecule has 2 aliphatic rings. The van der Waals surface area contributed by atoms with E-state index in [0.717, 1.165) is 47.3 Å². The molecule has 0 saturated carbocycles. The van der Waals surface area contributed by atoms with Gasteiger partial charge in [-0.25, -0.2) is 0 Å². The van der Waals surface area contributed by atoms with Gasteiger partial charge in [0.05, 0.1) is 6.61 Å². The smallest absolute Gasteiger partial charge is 0.229 e. The van der Waals surface area contributed by atoms with Crippen LogP contribution in [0.4, 0.5) is 0 Å². The van der Waals surface area contributed by atoms with Crippen molar-refractivity contribution in [3.8, 4) is 11.5 Å². The summed E-state index contributed by atoms with van der Waals surface area (Å²) in [7, 11) is 0. The molecule has 7 heteroatoms. The number of hydrogen-bond acceptors (Lipinski definition) is 7. The summed E-state index contributed by atoms with van der Waals surface area (Å²) in [5.41, 5.74) is 3.75. The first-order valence-electron chi connectivity index (χ1n) is 16.9. The van der Waals surface area contributed by atoms with Crippen molar-refractivity contribution in [3.05, 3.63) is 22.3 Å². The average molecular weight is 593 g/mol. The van der Waals surface area contributed by atoms with Gasteiger partial charge >= 0.3 is 0 Å². The summed E-state index contributed by atoms with van der Waals surface area (Å²) in [6.45, 7) is 10.0. The summed E-state index contributed by atoms with van der Waals surface area (Å²) in [5, 5.41) is 40.3. The Morgan fingerprint density at radius 3 is 1.83 bits per heavy atom. The van der Waals surface area contributed by atoms with Crippen LogP contribution in [0, 0.1) is 20.8 Å². The van der Waals surface area contributed by atoms with E-state index in [1.807, 2.05) is 20.8 Å². The minimum Gasteiger partial charge on any atom is -0.487 e. The molecule has 0 amide bonds. The fraction of sp³-hybridized carbons (Fsp3) is 0.829. The van der Waals surface area contributed by atoms with Crippen molar-refractivity contribution in [2.45, 2.75) is 180 Å². The highest BCUT2D eigenvalue weighted by Gasteiger charge is 2.45. The fourth-order valence-corrected chi connectivity index (χ4v) is 6.61. The topological polar surface area (TPSA) is 109 Å². The van der Waals surface area contributed by atoms with Crippen LogP contribution in [-0.4, -0.2) is 63.3 Å². The molecule has 1 aromatic carbocycles. The maximum Gasteiger partial charge on any atom is 0.229 e. The number of fused-ring (bicyclic) bond motifs is 1. The zero-order valence-electron chi connectivity index (χ0n) is 27.1. The molecule has 6 atom stereocenters. The van der Waals surface area contributed by atoms with Crippen molar-refractivity contribution in [1.82, 2.24) is 0 Å². The highest BCUT2D eigenvalue weighted by atomic mass is 16.7. The standard InChI is InChI=1S/C35H60O7/c1-6-7-8-9-10-11-12-13-14-15-16-17-18-19-21-35(5)22-20-27-26(4)32(24(2)25(3)33(27)42-35)41-34-31(39)30(38)29(37)28(23-36)40-34/h28-31,34,36-39H,6-23H2,1-5H3/t28-,29-,30+,31-,34?,35?/m1/s1. The molecule has 0 spiro atoms. The molecule has 1 fully saturated rings. The van der Waals surface area contributed by atoms with Crippen LogP contribution < -0.4 is 9.47 Å². The van der Waals surface area contributed by atoms with Crippen LogP contribution in [0.15, 0.2) is 0 Å². The quantitative estimate of drug-likeness (QED) is 0.140. The molecular formula is C35H60O7. The molecule has 0 radical (unpaired) electrons. The molecule has 1 aromatic rings. The summed E-state index contributed by atoms with van der Waals surface area (Å²) < 4.78 is 18.5. The second-order valence-corrected chi connectivity index (χ2v) is 13.2. The highest BCUT2D eigenvalue weighted by Crippen LogP contribution is 2.45. The SMILES string of the molecule is CCCCCCCCCCCCCCCCC1(C)CCc2c(C)c(OC3O[C@H](CO)[C@@H](O)[C@H](O)[C@H]3O)c(C)c(C)c2O1. The van der Waals surface area contributed by atoms with Crippen LogP contribution in [0.1, 0.15) is 139 Å². The maximum atomic E-state index is 10.5. The third-order valence-electron chi connectivity index (χ3n) is 9.70. The van der Waals surface area contributed by atoms with E-state index in [-0.39, 0.29) is 5.60 Å². The zero-order valence-corrected chi connectivity index (χ0v) is 27.1. The number of aliphatic hydroxyl groups excluding tert-OH is 4. The predicted octanol–water partition coefficient (Wildman–Crippen LogP) is 6.75. The van der Waals surface area contributed by atoms with Gasteiger partial charge in [-0.05, 0) is 70.1 Å². The van der Waals surface area contributed by atoms with Gasteiger partial charge in [-0.3, -0.25) is 0 Å². The average Bonchev–Trinajstić information content (AvgIpc) is 2.98. The number of benzene rings is 1. The van der Waals surface area contributed by atoms with E-state index in [1.165, 1.54) is 89.9 Å². The summed E-state index contributed by atoms with van der Waals surface area (Å²) in [4.78, 5) is 0. The number of aliphatic hydroxyl groups is 4. The van der Waals surface area contributed by atoms with Gasteiger partial charge in [0.1, 0.15) is 41.5 Å². The molecule has 2 heterocycles. The first-order chi connectivity index (χ1) is 20.1. The number of ether oxygens (including phenoxy) is 3. The first-order valence-corrected chi connectivity index (χ1v) is 16.9. The second kappa shape index (κ2) is 17.2. The minimum atomic E-state index is -1.47. The molecule has 0 aliphatic carbocycles. The maximum absolute atomic E-state index is 10.5. The Labute approximate surface area is 255 Å². The monoisotopic (exact) mass is 592 g/mol. The highest BCUT2D eigenvalue weighted by molar-refractivity contribution is 5.59. The zero-order chi connectivity index (χ0) is 30.7. The van der Waals surface area contributed by atoms with Crippen molar-refractivity contribution >= 4 is 0 Å². The number of unbranched alkanes of at least 4 members (excludes halogenated alkanes) is 13. The normalized spacial score (nSPS) is 27.5. The lowest BCUT2D eigenvalue weighted by molar-refractivity contribution is -0.277. The van der Waals surface area contributed by atoms with E-state index >= 15 is 0 Å². The van der Waals surface area contributed by atoms with Crippen LogP contribution >= 0.6 is 0 Å². The lowest BCUT2D eigenvalue weighted by atomic mass is 9.84. The molecule has 42 heavy (non-hydrogen) atoms. The Morgan fingerprint density at radius 2 is 1.29 bits per heavy atom. The van der Waals surface area contributed by atoms with Crippen molar-refractivity contribution in [3.63, 3.8) is 0 Å². The van der Waals surface area contributed by atoms with Gasteiger partial charge < -0.3 is 34.6 Å². The van der Waals surface area contributed by atoms with E-state index in [0.29, 0.717) is 5.75 Å². The Balaban J connectivity index is 1.44. The molecule has 3 rings (SSSR count). The molecule has 4 N–H and O–H groups in total. The van der Waals surface area contributed by atoms with Gasteiger partial charge in [-0.15, -0.1) is 0 Å². The van der Waals surface area contributed by atoms with Gasteiger partial charge in [-0.1, -0.05) is 90.4 Å². The third kappa shape index (κ3) is 9.31. The summed E-state index contributed by atoms with van der Waals surface area (Å²) >= 11 is 0. The van der Waals surface area contributed by atoms with Crippen molar-refractivity contribution in [2.75, 3.05) is 6.61 Å². The Morgan fingerprint density at radius 1 is 0.738 bits per heavy atom. The molecule has 2 aliphatic heterocycles. The van der Waals surface area contributed by atoms with Crippen molar-refractivity contribution in [2.24, 2.45) is 0 Å². The number of rotatable bonds is 18. The Hall–Kier alpha value is -1.38. The molecule has 0 bridgehead atoms. The molecule has 0 aromatic heterocycles. The van der Waals surface area contributed by atoms with Crippen LogP contribution in [0.5, 0.6) is 11.5 Å². The lowest BCUT2D eigenvalue weighted by Crippen LogP contribution is -2.60.